The highest BCUT2D eigenvalue weighted by atomic mass is 16.5. The van der Waals surface area contributed by atoms with Gasteiger partial charge in [0.1, 0.15) is 11.0 Å². The van der Waals surface area contributed by atoms with Crippen molar-refractivity contribution >= 4 is 38.9 Å². The maximum absolute atomic E-state index is 6.27. The summed E-state index contributed by atoms with van der Waals surface area (Å²) in [5.74, 6) is 3.52. The number of nitrogen functional groups attached to an aromatic ring is 1. The molecule has 10 nitrogen and oxygen atoms in total. The Bertz CT molecular complexity index is 2380. The minimum Gasteiger partial charge on any atom is -0.461 e. The summed E-state index contributed by atoms with van der Waals surface area (Å²) in [6.45, 7) is 3.27. The second-order valence-corrected chi connectivity index (χ2v) is 13.5. The van der Waals surface area contributed by atoms with Crippen LogP contribution in [0.4, 0.5) is 5.69 Å². The fraction of sp³-hybridized carbons (Fsp3) is 0.262. The summed E-state index contributed by atoms with van der Waals surface area (Å²) in [6, 6.07) is 32.1. The molecule has 2 aliphatic heterocycles. The van der Waals surface area contributed by atoms with Gasteiger partial charge in [-0.1, -0.05) is 30.3 Å². The molecule has 6 heterocycles. The van der Waals surface area contributed by atoms with Crippen molar-refractivity contribution in [3.63, 3.8) is 0 Å². The molecule has 2 N–H and O–H groups in total. The van der Waals surface area contributed by atoms with Crippen LogP contribution in [0.5, 0.6) is 0 Å². The maximum atomic E-state index is 6.27. The molecule has 0 bridgehead atoms. The number of nitrogens with two attached hydrogens (primary N) is 1. The normalized spacial score (nSPS) is 15.7. The number of nitrogens with zero attached hydrogens (tertiary/aromatic N) is 4. The van der Waals surface area contributed by atoms with Crippen LogP contribution in [-0.2, 0) is 15.9 Å². The Labute approximate surface area is 300 Å². The van der Waals surface area contributed by atoms with Crippen LogP contribution in [0, 0.1) is 5.92 Å². The molecular weight excluding hydrogens is 654 g/mol. The van der Waals surface area contributed by atoms with E-state index in [0.717, 1.165) is 120 Å². The molecule has 0 saturated carbocycles. The first-order valence-corrected chi connectivity index (χ1v) is 18.0. The van der Waals surface area contributed by atoms with E-state index in [9.17, 15) is 0 Å². The summed E-state index contributed by atoms with van der Waals surface area (Å²) in [5, 5.41) is 0. The van der Waals surface area contributed by atoms with E-state index in [0.29, 0.717) is 23.7 Å². The van der Waals surface area contributed by atoms with E-state index in [1.807, 2.05) is 72.8 Å². The molecule has 4 aromatic heterocycles. The lowest BCUT2D eigenvalue weighted by Gasteiger charge is -2.25. The number of anilines is 1. The molecule has 2 fully saturated rings. The van der Waals surface area contributed by atoms with E-state index < -0.39 is 0 Å². The van der Waals surface area contributed by atoms with E-state index in [1.54, 1.807) is 6.26 Å². The smallest absolute Gasteiger partial charge is 0.227 e. The van der Waals surface area contributed by atoms with Gasteiger partial charge in [0.2, 0.25) is 11.8 Å². The minimum atomic E-state index is 0.337. The van der Waals surface area contributed by atoms with Gasteiger partial charge in [-0.05, 0) is 110 Å². The third-order valence-corrected chi connectivity index (χ3v) is 10.1. The van der Waals surface area contributed by atoms with Crippen LogP contribution in [0.3, 0.4) is 0 Å². The van der Waals surface area contributed by atoms with Gasteiger partial charge in [-0.3, -0.25) is 0 Å². The van der Waals surface area contributed by atoms with Gasteiger partial charge in [-0.15, -0.1) is 0 Å². The lowest BCUT2D eigenvalue weighted by atomic mass is 9.91. The van der Waals surface area contributed by atoms with Crippen molar-refractivity contribution in [3.05, 3.63) is 109 Å². The first-order chi connectivity index (χ1) is 25.7. The van der Waals surface area contributed by atoms with Gasteiger partial charge in [0, 0.05) is 49.3 Å². The molecule has 52 heavy (non-hydrogen) atoms. The second-order valence-electron chi connectivity index (χ2n) is 13.5. The van der Waals surface area contributed by atoms with Gasteiger partial charge < -0.3 is 33.0 Å². The van der Waals surface area contributed by atoms with E-state index in [4.69, 9.17) is 33.4 Å². The number of imidazole rings is 1. The lowest BCUT2D eigenvalue weighted by molar-refractivity contribution is 0.0666. The van der Waals surface area contributed by atoms with E-state index in [2.05, 4.69) is 38.8 Å². The second kappa shape index (κ2) is 14.1. The van der Waals surface area contributed by atoms with Crippen molar-refractivity contribution in [3.8, 4) is 34.5 Å². The van der Waals surface area contributed by atoms with Crippen LogP contribution in [0.25, 0.3) is 67.7 Å². The van der Waals surface area contributed by atoms with Gasteiger partial charge in [-0.25, -0.2) is 15.0 Å². The fourth-order valence-electron chi connectivity index (χ4n) is 7.29. The van der Waals surface area contributed by atoms with Crippen LogP contribution in [-0.4, -0.2) is 45.9 Å². The number of fused-ring (bicyclic) bond motifs is 3. The summed E-state index contributed by atoms with van der Waals surface area (Å²) in [5.41, 5.74) is 15.4. The number of ether oxygens (including phenoxy) is 2. The molecule has 10 heteroatoms. The van der Waals surface area contributed by atoms with Crippen LogP contribution in [0.1, 0.15) is 37.3 Å². The number of rotatable bonds is 6. The largest absolute Gasteiger partial charge is 0.461 e. The van der Waals surface area contributed by atoms with Gasteiger partial charge in [0.15, 0.2) is 22.8 Å². The van der Waals surface area contributed by atoms with Crippen LogP contribution in [0.2, 0.25) is 0 Å². The molecule has 0 atom stereocenters. The molecule has 0 aliphatic carbocycles. The van der Waals surface area contributed by atoms with Crippen molar-refractivity contribution in [2.75, 3.05) is 32.2 Å². The molecule has 4 aromatic carbocycles. The van der Waals surface area contributed by atoms with Crippen LogP contribution in [0.15, 0.2) is 117 Å². The first kappa shape index (κ1) is 32.2. The average molecular weight is 694 g/mol. The molecule has 0 amide bonds. The van der Waals surface area contributed by atoms with E-state index in [-0.39, 0.29) is 0 Å². The summed E-state index contributed by atoms with van der Waals surface area (Å²) in [6.07, 6.45) is 6.87. The third-order valence-electron chi connectivity index (χ3n) is 10.1. The Hall–Kier alpha value is -5.71. The predicted octanol–water partition coefficient (Wildman–Crippen LogP) is 9.50. The van der Waals surface area contributed by atoms with E-state index >= 15 is 0 Å². The monoisotopic (exact) mass is 693 g/mol. The quantitative estimate of drug-likeness (QED) is 0.169. The Morgan fingerprint density at radius 3 is 1.90 bits per heavy atom. The first-order valence-electron chi connectivity index (χ1n) is 18.0. The molecule has 0 unspecified atom stereocenters. The van der Waals surface area contributed by atoms with Crippen LogP contribution >= 0.6 is 0 Å². The van der Waals surface area contributed by atoms with Gasteiger partial charge >= 0.3 is 0 Å². The Morgan fingerprint density at radius 1 is 0.635 bits per heavy atom. The van der Waals surface area contributed by atoms with Crippen molar-refractivity contribution in [2.45, 2.75) is 38.1 Å². The minimum absolute atomic E-state index is 0.337. The molecule has 0 spiro atoms. The summed E-state index contributed by atoms with van der Waals surface area (Å²) in [4.78, 5) is 14.1. The number of hydrogen-bond donors (Lipinski definition) is 1. The number of aromatic nitrogens is 4. The number of para-hydroxylation sites is 4. The number of benzene rings is 4. The predicted molar refractivity (Wildman–Crippen MR) is 201 cm³/mol. The van der Waals surface area contributed by atoms with Crippen molar-refractivity contribution < 1.29 is 22.7 Å². The highest BCUT2D eigenvalue weighted by Gasteiger charge is 2.24. The van der Waals surface area contributed by atoms with Crippen molar-refractivity contribution in [1.82, 2.24) is 19.5 Å². The fourth-order valence-corrected chi connectivity index (χ4v) is 7.29. The number of furan rings is 1. The average Bonchev–Trinajstić information content (AvgIpc) is 4.01. The molecule has 2 aliphatic rings. The molecule has 0 radical (unpaired) electrons. The molecule has 8 aromatic rings. The number of hydrogen-bond acceptors (Lipinski definition) is 9. The Morgan fingerprint density at radius 2 is 1.27 bits per heavy atom. The molecule has 10 rings (SSSR count). The maximum Gasteiger partial charge on any atom is 0.227 e. The zero-order chi connectivity index (χ0) is 34.9. The molecule has 262 valence electrons. The highest BCUT2D eigenvalue weighted by Crippen LogP contribution is 2.35. The topological polar surface area (TPSA) is 128 Å². The summed E-state index contributed by atoms with van der Waals surface area (Å²) >= 11 is 0. The van der Waals surface area contributed by atoms with Gasteiger partial charge in [-0.2, -0.15) is 0 Å². The summed E-state index contributed by atoms with van der Waals surface area (Å²) in [7, 11) is 0. The standard InChI is InChI=1S/C23H19N3O3.C19H20N2O2/c1-2-5-20-17(4-1)25-23(29-20)15-7-8-19-18(14-15)24-22(21-6-3-11-28-21)26(19)16-9-12-27-13-10-16;20-16-12-15(19-21-17-3-1-2-4-18(17)23-19)6-5-14(16)11-13-7-9-22-10-8-13/h1-8,11,14,16H,9-10,12-13H2;1-6,12-13H,7-11,20H2. The van der Waals surface area contributed by atoms with Crippen molar-refractivity contribution in [2.24, 2.45) is 5.92 Å². The van der Waals surface area contributed by atoms with Crippen LogP contribution < -0.4 is 5.73 Å². The molecular formula is C42H39N5O5. The summed E-state index contributed by atoms with van der Waals surface area (Å²) < 4.78 is 30.7. The van der Waals surface area contributed by atoms with E-state index in [1.165, 1.54) is 5.56 Å². The third kappa shape index (κ3) is 6.47. The van der Waals surface area contributed by atoms with Crippen molar-refractivity contribution in [1.29, 1.82) is 0 Å². The Balaban J connectivity index is 0.000000142. The molecule has 2 saturated heterocycles. The number of oxazole rings is 2. The Kier molecular flexibility index (Phi) is 8.75. The zero-order valence-corrected chi connectivity index (χ0v) is 28.7. The lowest BCUT2D eigenvalue weighted by Crippen LogP contribution is -2.20. The zero-order valence-electron chi connectivity index (χ0n) is 28.7. The highest BCUT2D eigenvalue weighted by molar-refractivity contribution is 5.85. The SMILES string of the molecule is Nc1cc(-c2nc3ccccc3o2)ccc1CC1CCOCC1.c1coc(-c2nc3cc(-c4nc5ccccc5o4)ccc3n2C2CCOCC2)c1. The van der Waals surface area contributed by atoms with Gasteiger partial charge in [0.05, 0.1) is 17.3 Å². The van der Waals surface area contributed by atoms with Gasteiger partial charge in [0.25, 0.3) is 0 Å².